The zero-order valence-corrected chi connectivity index (χ0v) is 11.2. The van der Waals surface area contributed by atoms with E-state index in [1.165, 1.54) is 0 Å². The predicted molar refractivity (Wildman–Crippen MR) is 75.8 cm³/mol. The van der Waals surface area contributed by atoms with Gasteiger partial charge in [0.1, 0.15) is 18.6 Å². The van der Waals surface area contributed by atoms with Crippen molar-refractivity contribution in [3.8, 4) is 5.75 Å². The van der Waals surface area contributed by atoms with Crippen molar-refractivity contribution in [2.75, 3.05) is 7.11 Å². The highest BCUT2D eigenvalue weighted by Gasteiger charge is 1.98. The molecule has 97 valence electrons. The summed E-state index contributed by atoms with van der Waals surface area (Å²) < 4.78 is 5.18. The van der Waals surface area contributed by atoms with E-state index in [2.05, 4.69) is 11.4 Å². The molecule has 1 radical (unpaired) electrons. The monoisotopic (exact) mass is 274 g/mol. The fourth-order valence-corrected chi connectivity index (χ4v) is 1.63. The number of para-hydroxylation sites is 1. The maximum atomic E-state index is 5.80. The standard InChI is InChI=1S/C15H13ClNO2/c1-18-15-5-3-2-4-13(15)10-17-19-11-12-6-8-14(16)9-7-12/h2-9H,11H2,1H3. The van der Waals surface area contributed by atoms with E-state index in [0.717, 1.165) is 11.1 Å². The van der Waals surface area contributed by atoms with E-state index in [4.69, 9.17) is 21.2 Å². The number of nitrogens with zero attached hydrogens (tertiary/aromatic N) is 1. The molecule has 0 spiro atoms. The zero-order valence-electron chi connectivity index (χ0n) is 10.5. The molecule has 0 N–H and O–H groups in total. The maximum absolute atomic E-state index is 5.80. The third kappa shape index (κ3) is 4.00. The largest absolute Gasteiger partial charge is 0.496 e. The van der Waals surface area contributed by atoms with Crippen molar-refractivity contribution >= 4 is 17.8 Å². The molecule has 2 rings (SSSR count). The van der Waals surface area contributed by atoms with Crippen molar-refractivity contribution in [2.45, 2.75) is 6.61 Å². The van der Waals surface area contributed by atoms with Crippen molar-refractivity contribution in [1.82, 2.24) is 0 Å². The molecule has 0 atom stereocenters. The van der Waals surface area contributed by atoms with Crippen LogP contribution in [0.1, 0.15) is 11.1 Å². The van der Waals surface area contributed by atoms with Gasteiger partial charge in [-0.25, -0.2) is 0 Å². The summed E-state index contributed by atoms with van der Waals surface area (Å²) in [6, 6.07) is 14.9. The molecule has 4 heteroatoms. The van der Waals surface area contributed by atoms with Gasteiger partial charge in [-0.3, -0.25) is 0 Å². The Kier molecular flexibility index (Phi) is 4.81. The molecule has 0 bridgehead atoms. The van der Waals surface area contributed by atoms with Gasteiger partial charge in [0, 0.05) is 10.6 Å². The van der Waals surface area contributed by atoms with Crippen LogP contribution in [0.4, 0.5) is 0 Å². The predicted octanol–water partition coefficient (Wildman–Crippen LogP) is 3.78. The molecule has 0 aromatic heterocycles. The zero-order chi connectivity index (χ0) is 13.5. The number of methoxy groups -OCH3 is 1. The Morgan fingerprint density at radius 1 is 1.11 bits per heavy atom. The Hall–Kier alpha value is -2.00. The van der Waals surface area contributed by atoms with Gasteiger partial charge < -0.3 is 9.57 Å². The van der Waals surface area contributed by atoms with Crippen LogP contribution in [0.15, 0.2) is 53.7 Å². The Balaban J connectivity index is 1.91. The second kappa shape index (κ2) is 6.81. The van der Waals surface area contributed by atoms with Gasteiger partial charge in [0.15, 0.2) is 0 Å². The molecule has 19 heavy (non-hydrogen) atoms. The molecule has 2 aromatic rings. The number of hydrogen-bond acceptors (Lipinski definition) is 3. The van der Waals surface area contributed by atoms with E-state index >= 15 is 0 Å². The average molecular weight is 275 g/mol. The van der Waals surface area contributed by atoms with Gasteiger partial charge in [0.25, 0.3) is 0 Å². The lowest BCUT2D eigenvalue weighted by atomic mass is 10.2. The summed E-state index contributed by atoms with van der Waals surface area (Å²) in [6.45, 7) is 0.374. The van der Waals surface area contributed by atoms with Gasteiger partial charge in [0.05, 0.1) is 7.11 Å². The van der Waals surface area contributed by atoms with E-state index in [1.807, 2.05) is 48.5 Å². The summed E-state index contributed by atoms with van der Waals surface area (Å²) in [6.07, 6.45) is 2.80. The number of benzene rings is 2. The molecule has 0 saturated carbocycles. The lowest BCUT2D eigenvalue weighted by molar-refractivity contribution is 0.132. The Morgan fingerprint density at radius 2 is 1.84 bits per heavy atom. The molecular formula is C15H13ClNO2. The molecule has 0 aliphatic heterocycles. The lowest BCUT2D eigenvalue weighted by Gasteiger charge is -2.02. The number of ether oxygens (including phenoxy) is 1. The molecule has 2 aromatic carbocycles. The van der Waals surface area contributed by atoms with Crippen LogP contribution >= 0.6 is 11.6 Å². The fraction of sp³-hybridized carbons (Fsp3) is 0.133. The lowest BCUT2D eigenvalue weighted by Crippen LogP contribution is -1.91. The Morgan fingerprint density at radius 3 is 2.58 bits per heavy atom. The Labute approximate surface area is 117 Å². The smallest absolute Gasteiger partial charge is 0.143 e. The van der Waals surface area contributed by atoms with Gasteiger partial charge in [-0.1, -0.05) is 41.0 Å². The highest BCUT2D eigenvalue weighted by atomic mass is 35.5. The van der Waals surface area contributed by atoms with Crippen LogP contribution in [0.25, 0.3) is 0 Å². The SMILES string of the molecule is COc1ccccc1/[C]=N\OCc1ccc(Cl)cc1. The van der Waals surface area contributed by atoms with Crippen molar-refractivity contribution in [3.05, 3.63) is 64.7 Å². The third-order valence-corrected chi connectivity index (χ3v) is 2.73. The molecule has 0 unspecified atom stereocenters. The van der Waals surface area contributed by atoms with Crippen LogP contribution < -0.4 is 4.74 Å². The van der Waals surface area contributed by atoms with Gasteiger partial charge in [-0.05, 0) is 29.8 Å². The van der Waals surface area contributed by atoms with Crippen LogP contribution in [0, 0.1) is 0 Å². The summed E-state index contributed by atoms with van der Waals surface area (Å²) in [4.78, 5) is 5.18. The van der Waals surface area contributed by atoms with E-state index in [9.17, 15) is 0 Å². The number of halogens is 1. The molecule has 0 saturated heterocycles. The molecule has 3 nitrogen and oxygen atoms in total. The first-order chi connectivity index (χ1) is 9.29. The minimum absolute atomic E-state index is 0.374. The van der Waals surface area contributed by atoms with Crippen LogP contribution in [0.3, 0.4) is 0 Å². The summed E-state index contributed by atoms with van der Waals surface area (Å²) in [5.74, 6) is 0.710. The van der Waals surface area contributed by atoms with Crippen molar-refractivity contribution in [3.63, 3.8) is 0 Å². The van der Waals surface area contributed by atoms with E-state index in [-0.39, 0.29) is 0 Å². The van der Waals surface area contributed by atoms with E-state index in [1.54, 1.807) is 7.11 Å². The molecule has 0 fully saturated rings. The highest BCUT2D eigenvalue weighted by Crippen LogP contribution is 2.15. The number of rotatable bonds is 5. The van der Waals surface area contributed by atoms with Gasteiger partial charge >= 0.3 is 0 Å². The van der Waals surface area contributed by atoms with Crippen LogP contribution in [0.2, 0.25) is 5.02 Å². The van der Waals surface area contributed by atoms with E-state index in [0.29, 0.717) is 17.4 Å². The summed E-state index contributed by atoms with van der Waals surface area (Å²) in [7, 11) is 1.61. The normalized spacial score (nSPS) is 10.6. The Bertz CT molecular complexity index is 552. The van der Waals surface area contributed by atoms with Crippen LogP contribution in [-0.4, -0.2) is 13.3 Å². The summed E-state index contributed by atoms with van der Waals surface area (Å²) >= 11 is 5.80. The molecule has 0 amide bonds. The minimum atomic E-state index is 0.374. The van der Waals surface area contributed by atoms with Gasteiger partial charge in [-0.15, -0.1) is 0 Å². The first-order valence-corrected chi connectivity index (χ1v) is 6.13. The summed E-state index contributed by atoms with van der Waals surface area (Å²) in [5, 5.41) is 4.51. The average Bonchev–Trinajstić information content (AvgIpc) is 2.46. The van der Waals surface area contributed by atoms with Gasteiger partial charge in [0.2, 0.25) is 0 Å². The molecular weight excluding hydrogens is 262 g/mol. The van der Waals surface area contributed by atoms with Gasteiger partial charge in [-0.2, -0.15) is 0 Å². The first-order valence-electron chi connectivity index (χ1n) is 5.75. The fourth-order valence-electron chi connectivity index (χ4n) is 1.51. The quantitative estimate of drug-likeness (QED) is 0.614. The van der Waals surface area contributed by atoms with Crippen molar-refractivity contribution < 1.29 is 9.57 Å². The molecule has 0 heterocycles. The minimum Gasteiger partial charge on any atom is -0.496 e. The number of hydrogen-bond donors (Lipinski definition) is 0. The van der Waals surface area contributed by atoms with Crippen LogP contribution in [0.5, 0.6) is 5.75 Å². The molecule has 0 aliphatic rings. The first kappa shape index (κ1) is 13.4. The topological polar surface area (TPSA) is 30.8 Å². The van der Waals surface area contributed by atoms with Crippen LogP contribution in [-0.2, 0) is 11.4 Å². The highest BCUT2D eigenvalue weighted by molar-refractivity contribution is 6.30. The maximum Gasteiger partial charge on any atom is 0.143 e. The van der Waals surface area contributed by atoms with Crippen molar-refractivity contribution in [1.29, 1.82) is 0 Å². The second-order valence-corrected chi connectivity index (χ2v) is 4.24. The summed E-state index contributed by atoms with van der Waals surface area (Å²) in [5.41, 5.74) is 1.75. The van der Waals surface area contributed by atoms with Crippen molar-refractivity contribution in [2.24, 2.45) is 5.16 Å². The molecule has 0 aliphatic carbocycles. The third-order valence-electron chi connectivity index (χ3n) is 2.48. The van der Waals surface area contributed by atoms with E-state index < -0.39 is 0 Å². The second-order valence-electron chi connectivity index (χ2n) is 3.80.